The molecular formula is C8H10ClN5O2S. The first kappa shape index (κ1) is 14.0. The third kappa shape index (κ3) is 3.72. The van der Waals surface area contributed by atoms with Gasteiger partial charge in [0.1, 0.15) is 11.3 Å². The maximum atomic E-state index is 9.76. The van der Waals surface area contributed by atoms with Gasteiger partial charge in [-0.15, -0.1) is 0 Å². The fourth-order valence-corrected chi connectivity index (χ4v) is 1.71. The normalized spacial score (nSPS) is 13.9. The molecule has 2 atom stereocenters. The molecule has 0 amide bonds. The Balaban J connectivity index is 2.88. The van der Waals surface area contributed by atoms with Crippen LogP contribution >= 0.6 is 23.4 Å². The summed E-state index contributed by atoms with van der Waals surface area (Å²) in [6.45, 7) is -0.252. The maximum Gasteiger partial charge on any atom is 0.188 e. The number of aliphatic hydroxyl groups excluding tert-OH is 2. The molecule has 2 N–H and O–H groups in total. The first-order chi connectivity index (χ1) is 8.10. The van der Waals surface area contributed by atoms with Gasteiger partial charge in [-0.25, -0.2) is 9.97 Å². The molecule has 0 saturated carbocycles. The van der Waals surface area contributed by atoms with Gasteiger partial charge in [-0.1, -0.05) is 28.5 Å². The van der Waals surface area contributed by atoms with Gasteiger partial charge in [-0.3, -0.25) is 0 Å². The Hall–Kier alpha value is -1.05. The van der Waals surface area contributed by atoms with Crippen LogP contribution in [0.4, 0.5) is 0 Å². The number of rotatable bonds is 5. The Morgan fingerprint density at radius 2 is 2.35 bits per heavy atom. The lowest BCUT2D eigenvalue weighted by Gasteiger charge is -2.16. The Morgan fingerprint density at radius 1 is 1.65 bits per heavy atom. The molecule has 0 spiro atoms. The van der Waals surface area contributed by atoms with Gasteiger partial charge in [0.25, 0.3) is 0 Å². The van der Waals surface area contributed by atoms with Crippen LogP contribution in [0.3, 0.4) is 0 Å². The van der Waals surface area contributed by atoms with Crippen LogP contribution in [-0.4, -0.2) is 39.1 Å². The lowest BCUT2D eigenvalue weighted by Crippen LogP contribution is -2.22. The summed E-state index contributed by atoms with van der Waals surface area (Å²) < 4.78 is 0. The molecule has 17 heavy (non-hydrogen) atoms. The zero-order valence-electron chi connectivity index (χ0n) is 8.86. The average molecular weight is 276 g/mol. The fraction of sp³-hybridized carbons (Fsp3) is 0.500. The monoisotopic (exact) mass is 275 g/mol. The van der Waals surface area contributed by atoms with Crippen LogP contribution in [0.5, 0.6) is 0 Å². The van der Waals surface area contributed by atoms with Gasteiger partial charge in [0, 0.05) is 16.7 Å². The minimum Gasteiger partial charge on any atom is -0.390 e. The van der Waals surface area contributed by atoms with Crippen LogP contribution in [-0.2, 0) is 0 Å². The van der Waals surface area contributed by atoms with Crippen LogP contribution in [0.15, 0.2) is 16.5 Å². The molecule has 1 heterocycles. The third-order valence-electron chi connectivity index (χ3n) is 1.94. The number of azide groups is 1. The van der Waals surface area contributed by atoms with Gasteiger partial charge in [-0.2, -0.15) is 0 Å². The number of hydrogen-bond donors (Lipinski definition) is 2. The molecule has 0 bridgehead atoms. The number of thioether (sulfide) groups is 1. The topological polar surface area (TPSA) is 115 Å². The van der Waals surface area contributed by atoms with E-state index in [1.807, 2.05) is 0 Å². The molecule has 0 fully saturated rings. The molecule has 1 aromatic rings. The van der Waals surface area contributed by atoms with E-state index < -0.39 is 12.2 Å². The number of hydrogen-bond acceptors (Lipinski definition) is 6. The summed E-state index contributed by atoms with van der Waals surface area (Å²) in [6.07, 6.45) is 0.597. The fourth-order valence-electron chi connectivity index (χ4n) is 1.08. The molecule has 2 unspecified atom stereocenters. The highest BCUT2D eigenvalue weighted by molar-refractivity contribution is 7.98. The zero-order valence-corrected chi connectivity index (χ0v) is 10.4. The van der Waals surface area contributed by atoms with E-state index in [-0.39, 0.29) is 17.3 Å². The largest absolute Gasteiger partial charge is 0.390 e. The minimum absolute atomic E-state index is 0.0665. The summed E-state index contributed by atoms with van der Waals surface area (Å²) in [5.41, 5.74) is 8.30. The van der Waals surface area contributed by atoms with Gasteiger partial charge >= 0.3 is 0 Å². The molecule has 1 aromatic heterocycles. The molecular weight excluding hydrogens is 266 g/mol. The van der Waals surface area contributed by atoms with Crippen molar-refractivity contribution in [1.29, 1.82) is 0 Å². The van der Waals surface area contributed by atoms with Crippen LogP contribution in [0.2, 0.25) is 5.15 Å². The highest BCUT2D eigenvalue weighted by Gasteiger charge is 2.21. The zero-order chi connectivity index (χ0) is 12.8. The molecule has 0 aliphatic carbocycles. The predicted molar refractivity (Wildman–Crippen MR) is 63.8 cm³/mol. The van der Waals surface area contributed by atoms with E-state index in [9.17, 15) is 10.2 Å². The first-order valence-electron chi connectivity index (χ1n) is 4.53. The SMILES string of the molecule is CSc1ncc(C(O)C(O)CN=[N+]=[N-])c(Cl)n1. The van der Waals surface area contributed by atoms with Gasteiger partial charge < -0.3 is 10.2 Å². The Labute approximate surface area is 106 Å². The highest BCUT2D eigenvalue weighted by atomic mass is 35.5. The second-order valence-electron chi connectivity index (χ2n) is 3.03. The van der Waals surface area contributed by atoms with Crippen LogP contribution in [0.1, 0.15) is 11.7 Å². The molecule has 0 aromatic carbocycles. The molecule has 7 nitrogen and oxygen atoms in total. The second-order valence-corrected chi connectivity index (χ2v) is 4.16. The van der Waals surface area contributed by atoms with Crippen molar-refractivity contribution >= 4 is 23.4 Å². The summed E-state index contributed by atoms with van der Waals surface area (Å²) in [4.78, 5) is 10.3. The number of nitrogens with zero attached hydrogens (tertiary/aromatic N) is 5. The Bertz CT molecular complexity index is 440. The van der Waals surface area contributed by atoms with Crippen molar-refractivity contribution in [3.63, 3.8) is 0 Å². The van der Waals surface area contributed by atoms with E-state index >= 15 is 0 Å². The first-order valence-corrected chi connectivity index (χ1v) is 6.13. The van der Waals surface area contributed by atoms with E-state index in [0.29, 0.717) is 5.16 Å². The second kappa shape index (κ2) is 6.63. The smallest absolute Gasteiger partial charge is 0.188 e. The van der Waals surface area contributed by atoms with Crippen molar-refractivity contribution in [3.8, 4) is 0 Å². The Morgan fingerprint density at radius 3 is 2.88 bits per heavy atom. The number of aromatic nitrogens is 2. The molecule has 0 aliphatic heterocycles. The molecule has 92 valence electrons. The predicted octanol–water partition coefficient (Wildman–Crippen LogP) is 1.56. The number of aliphatic hydroxyl groups is 2. The maximum absolute atomic E-state index is 9.76. The van der Waals surface area contributed by atoms with Crippen molar-refractivity contribution in [3.05, 3.63) is 27.4 Å². The van der Waals surface area contributed by atoms with E-state index in [4.69, 9.17) is 17.1 Å². The van der Waals surface area contributed by atoms with Gasteiger partial charge in [0.15, 0.2) is 5.16 Å². The van der Waals surface area contributed by atoms with E-state index in [0.717, 1.165) is 0 Å². The van der Waals surface area contributed by atoms with E-state index in [2.05, 4.69) is 20.0 Å². The van der Waals surface area contributed by atoms with Crippen molar-refractivity contribution in [1.82, 2.24) is 9.97 Å². The average Bonchev–Trinajstić information content (AvgIpc) is 2.34. The molecule has 1 rings (SSSR count). The lowest BCUT2D eigenvalue weighted by molar-refractivity contribution is 0.0239. The highest BCUT2D eigenvalue weighted by Crippen LogP contribution is 2.24. The van der Waals surface area contributed by atoms with Crippen molar-refractivity contribution in [2.45, 2.75) is 17.4 Å². The molecule has 9 heteroatoms. The standard InChI is InChI=1S/C8H10ClN5O2S/c1-17-8-11-2-4(7(9)13-8)6(16)5(15)3-12-14-10/h2,5-6,15-16H,3H2,1H3. The third-order valence-corrected chi connectivity index (χ3v) is 2.81. The van der Waals surface area contributed by atoms with E-state index in [1.54, 1.807) is 6.26 Å². The van der Waals surface area contributed by atoms with Crippen LogP contribution < -0.4 is 0 Å². The quantitative estimate of drug-likeness (QED) is 0.211. The van der Waals surface area contributed by atoms with Crippen LogP contribution in [0.25, 0.3) is 10.4 Å². The lowest BCUT2D eigenvalue weighted by atomic mass is 10.1. The summed E-state index contributed by atoms with van der Waals surface area (Å²) >= 11 is 7.15. The van der Waals surface area contributed by atoms with Gasteiger partial charge in [0.05, 0.1) is 12.6 Å². The minimum atomic E-state index is -1.29. The summed E-state index contributed by atoms with van der Waals surface area (Å²) in [6, 6.07) is 0. The molecule has 0 aliphatic rings. The van der Waals surface area contributed by atoms with Crippen molar-refractivity contribution in [2.75, 3.05) is 12.8 Å². The summed E-state index contributed by atoms with van der Waals surface area (Å²) in [7, 11) is 0. The molecule has 0 saturated heterocycles. The Kier molecular flexibility index (Phi) is 5.46. The van der Waals surface area contributed by atoms with Gasteiger partial charge in [0.2, 0.25) is 0 Å². The van der Waals surface area contributed by atoms with Crippen molar-refractivity contribution < 1.29 is 10.2 Å². The summed E-state index contributed by atoms with van der Waals surface area (Å²) in [5, 5.41) is 23.0. The van der Waals surface area contributed by atoms with Crippen molar-refractivity contribution in [2.24, 2.45) is 5.11 Å². The number of halogens is 1. The van der Waals surface area contributed by atoms with E-state index in [1.165, 1.54) is 18.0 Å². The molecule has 0 radical (unpaired) electrons. The van der Waals surface area contributed by atoms with Crippen LogP contribution in [0, 0.1) is 0 Å². The van der Waals surface area contributed by atoms with Gasteiger partial charge in [-0.05, 0) is 11.8 Å². The summed E-state index contributed by atoms with van der Waals surface area (Å²) in [5.74, 6) is 0.